The number of hydrogen-bond acceptors (Lipinski definition) is 1. The molecule has 11 heavy (non-hydrogen) atoms. The molecule has 0 atom stereocenters. The first-order chi connectivity index (χ1) is 5.24. The van der Waals surface area contributed by atoms with Crippen LogP contribution < -0.4 is 4.74 Å². The molecular formula is C9H10FO. The summed E-state index contributed by atoms with van der Waals surface area (Å²) in [5.74, 6) is -0.0562. The van der Waals surface area contributed by atoms with Crippen LogP contribution in [0.3, 0.4) is 0 Å². The van der Waals surface area contributed by atoms with E-state index in [1.807, 2.05) is 6.92 Å². The lowest BCUT2D eigenvalue weighted by Gasteiger charge is -2.04. The lowest BCUT2D eigenvalue weighted by Crippen LogP contribution is -1.94. The summed E-state index contributed by atoms with van der Waals surface area (Å²) in [6, 6.07) is 4.55. The number of halogens is 1. The van der Waals surface area contributed by atoms with Crippen molar-refractivity contribution in [2.24, 2.45) is 0 Å². The lowest BCUT2D eigenvalue weighted by molar-refractivity contribution is 0.321. The Balaban J connectivity index is 2.93. The minimum atomic E-state index is -0.334. The SMILES string of the molecule is [CH2]c1ccc(F)c(OCC)c1. The number of benzene rings is 1. The Morgan fingerprint density at radius 2 is 2.27 bits per heavy atom. The fraction of sp³-hybridized carbons (Fsp3) is 0.222. The van der Waals surface area contributed by atoms with E-state index in [1.165, 1.54) is 6.07 Å². The maximum atomic E-state index is 12.8. The first-order valence-corrected chi connectivity index (χ1v) is 3.48. The van der Waals surface area contributed by atoms with E-state index in [9.17, 15) is 4.39 Å². The Labute approximate surface area is 65.8 Å². The quantitative estimate of drug-likeness (QED) is 0.634. The average Bonchev–Trinajstić information content (AvgIpc) is 1.98. The highest BCUT2D eigenvalue weighted by molar-refractivity contribution is 5.31. The molecule has 0 aliphatic rings. The van der Waals surface area contributed by atoms with Crippen molar-refractivity contribution in [1.29, 1.82) is 0 Å². The second-order valence-corrected chi connectivity index (χ2v) is 2.20. The van der Waals surface area contributed by atoms with Gasteiger partial charge in [0.05, 0.1) is 6.61 Å². The normalized spacial score (nSPS) is 9.73. The van der Waals surface area contributed by atoms with Crippen molar-refractivity contribution in [3.63, 3.8) is 0 Å². The summed E-state index contributed by atoms with van der Waals surface area (Å²) in [5.41, 5.74) is 0.759. The third-order valence-corrected chi connectivity index (χ3v) is 1.30. The van der Waals surface area contributed by atoms with Gasteiger partial charge in [-0.2, -0.15) is 0 Å². The van der Waals surface area contributed by atoms with Crippen molar-refractivity contribution < 1.29 is 9.13 Å². The van der Waals surface area contributed by atoms with Crippen LogP contribution in [0, 0.1) is 12.7 Å². The molecule has 1 rings (SSSR count). The Kier molecular flexibility index (Phi) is 2.47. The van der Waals surface area contributed by atoms with E-state index in [0.717, 1.165) is 5.56 Å². The number of rotatable bonds is 2. The van der Waals surface area contributed by atoms with Crippen molar-refractivity contribution in [3.8, 4) is 5.75 Å². The zero-order chi connectivity index (χ0) is 8.27. The second-order valence-electron chi connectivity index (χ2n) is 2.20. The van der Waals surface area contributed by atoms with Crippen LogP contribution in [0.25, 0.3) is 0 Å². The van der Waals surface area contributed by atoms with Crippen LogP contribution >= 0.6 is 0 Å². The first-order valence-electron chi connectivity index (χ1n) is 3.48. The number of ether oxygens (including phenoxy) is 1. The van der Waals surface area contributed by atoms with Crippen LogP contribution in [0.2, 0.25) is 0 Å². The highest BCUT2D eigenvalue weighted by Gasteiger charge is 2.00. The van der Waals surface area contributed by atoms with Crippen LogP contribution in [-0.4, -0.2) is 6.61 Å². The smallest absolute Gasteiger partial charge is 0.165 e. The molecule has 0 amide bonds. The van der Waals surface area contributed by atoms with Gasteiger partial charge in [-0.3, -0.25) is 0 Å². The zero-order valence-corrected chi connectivity index (χ0v) is 6.43. The molecule has 0 heterocycles. The van der Waals surface area contributed by atoms with Crippen molar-refractivity contribution in [1.82, 2.24) is 0 Å². The molecule has 0 bridgehead atoms. The van der Waals surface area contributed by atoms with Crippen LogP contribution in [0.15, 0.2) is 18.2 Å². The molecule has 0 unspecified atom stereocenters. The average molecular weight is 153 g/mol. The van der Waals surface area contributed by atoms with Gasteiger partial charge < -0.3 is 4.74 Å². The molecule has 0 N–H and O–H groups in total. The van der Waals surface area contributed by atoms with Gasteiger partial charge in [-0.05, 0) is 31.5 Å². The molecular weight excluding hydrogens is 143 g/mol. The maximum absolute atomic E-state index is 12.8. The Morgan fingerprint density at radius 1 is 1.55 bits per heavy atom. The van der Waals surface area contributed by atoms with Crippen molar-refractivity contribution in [2.45, 2.75) is 6.92 Å². The van der Waals surface area contributed by atoms with E-state index in [-0.39, 0.29) is 11.6 Å². The van der Waals surface area contributed by atoms with Gasteiger partial charge in [-0.25, -0.2) is 4.39 Å². The summed E-state index contributed by atoms with van der Waals surface area (Å²) in [6.07, 6.45) is 0. The summed E-state index contributed by atoms with van der Waals surface area (Å²) in [6.45, 7) is 5.95. The minimum absolute atomic E-state index is 0.278. The summed E-state index contributed by atoms with van der Waals surface area (Å²) < 4.78 is 17.8. The highest BCUT2D eigenvalue weighted by atomic mass is 19.1. The molecule has 2 heteroatoms. The van der Waals surface area contributed by atoms with Gasteiger partial charge >= 0.3 is 0 Å². The molecule has 1 aromatic rings. The molecule has 59 valence electrons. The van der Waals surface area contributed by atoms with Crippen molar-refractivity contribution in [2.75, 3.05) is 6.61 Å². The molecule has 0 aliphatic carbocycles. The van der Waals surface area contributed by atoms with E-state index < -0.39 is 0 Å². The van der Waals surface area contributed by atoms with Crippen LogP contribution in [0.5, 0.6) is 5.75 Å². The van der Waals surface area contributed by atoms with E-state index in [4.69, 9.17) is 4.74 Å². The summed E-state index contributed by atoms with van der Waals surface area (Å²) >= 11 is 0. The van der Waals surface area contributed by atoms with Crippen LogP contribution in [0.1, 0.15) is 12.5 Å². The van der Waals surface area contributed by atoms with Crippen molar-refractivity contribution >= 4 is 0 Å². The molecule has 0 spiro atoms. The largest absolute Gasteiger partial charge is 0.491 e. The second kappa shape index (κ2) is 3.37. The first kappa shape index (κ1) is 8.05. The van der Waals surface area contributed by atoms with Crippen LogP contribution in [0.4, 0.5) is 4.39 Å². The molecule has 0 fully saturated rings. The molecule has 1 nitrogen and oxygen atoms in total. The van der Waals surface area contributed by atoms with E-state index in [0.29, 0.717) is 6.61 Å². The molecule has 0 aromatic heterocycles. The summed E-state index contributed by atoms with van der Waals surface area (Å²) in [5, 5.41) is 0. The third kappa shape index (κ3) is 1.93. The molecule has 0 saturated carbocycles. The van der Waals surface area contributed by atoms with Gasteiger partial charge in [0.25, 0.3) is 0 Å². The van der Waals surface area contributed by atoms with Gasteiger partial charge in [0.2, 0.25) is 0 Å². The molecule has 0 aliphatic heterocycles. The fourth-order valence-corrected chi connectivity index (χ4v) is 0.814. The Bertz CT molecular complexity index is 245. The fourth-order valence-electron chi connectivity index (χ4n) is 0.814. The van der Waals surface area contributed by atoms with Gasteiger partial charge in [-0.1, -0.05) is 6.07 Å². The third-order valence-electron chi connectivity index (χ3n) is 1.30. The van der Waals surface area contributed by atoms with E-state index in [2.05, 4.69) is 6.92 Å². The zero-order valence-electron chi connectivity index (χ0n) is 6.43. The Morgan fingerprint density at radius 3 is 2.91 bits per heavy atom. The molecule has 0 saturated heterocycles. The summed E-state index contributed by atoms with van der Waals surface area (Å²) in [7, 11) is 0. The van der Waals surface area contributed by atoms with E-state index in [1.54, 1.807) is 12.1 Å². The highest BCUT2D eigenvalue weighted by Crippen LogP contribution is 2.17. The van der Waals surface area contributed by atoms with Gasteiger partial charge in [0.15, 0.2) is 11.6 Å². The van der Waals surface area contributed by atoms with E-state index >= 15 is 0 Å². The molecule has 1 radical (unpaired) electrons. The number of hydrogen-bond donors (Lipinski definition) is 0. The summed E-state index contributed by atoms with van der Waals surface area (Å²) in [4.78, 5) is 0. The topological polar surface area (TPSA) is 9.23 Å². The minimum Gasteiger partial charge on any atom is -0.491 e. The van der Waals surface area contributed by atoms with Crippen molar-refractivity contribution in [3.05, 3.63) is 36.5 Å². The Hall–Kier alpha value is -1.05. The molecule has 1 aromatic carbocycles. The standard InChI is InChI=1S/C9H10FO/c1-3-11-9-6-7(2)4-5-8(9)10/h4-6H,2-3H2,1H3. The van der Waals surface area contributed by atoms with Gasteiger partial charge in [0.1, 0.15) is 0 Å². The lowest BCUT2D eigenvalue weighted by atomic mass is 10.2. The monoisotopic (exact) mass is 153 g/mol. The predicted molar refractivity (Wildman–Crippen MR) is 42.0 cm³/mol. The predicted octanol–water partition coefficient (Wildman–Crippen LogP) is 2.41. The van der Waals surface area contributed by atoms with Gasteiger partial charge in [-0.15, -0.1) is 0 Å². The maximum Gasteiger partial charge on any atom is 0.165 e. The van der Waals surface area contributed by atoms with Gasteiger partial charge in [0, 0.05) is 0 Å². The van der Waals surface area contributed by atoms with Crippen LogP contribution in [-0.2, 0) is 0 Å².